The summed E-state index contributed by atoms with van der Waals surface area (Å²) in [5.74, 6) is -0.517. The van der Waals surface area contributed by atoms with E-state index in [1.165, 1.54) is 6.92 Å². The third-order valence-corrected chi connectivity index (χ3v) is 2.29. The van der Waals surface area contributed by atoms with Crippen LogP contribution in [0.25, 0.3) is 0 Å². The second kappa shape index (κ2) is 4.32. The molecule has 2 amide bonds. The molecule has 0 spiro atoms. The van der Waals surface area contributed by atoms with E-state index in [0.717, 1.165) is 0 Å². The van der Waals surface area contributed by atoms with Crippen molar-refractivity contribution in [3.63, 3.8) is 0 Å². The zero-order valence-electron chi connectivity index (χ0n) is 8.37. The van der Waals surface area contributed by atoms with Crippen molar-refractivity contribution < 1.29 is 14.4 Å². The molecule has 1 aliphatic rings. The Morgan fingerprint density at radius 3 is 2.79 bits per heavy atom. The van der Waals surface area contributed by atoms with Gasteiger partial charge in [0.25, 0.3) is 0 Å². The highest BCUT2D eigenvalue weighted by atomic mass is 16.2. The van der Waals surface area contributed by atoms with E-state index < -0.39 is 0 Å². The first-order chi connectivity index (χ1) is 6.50. The second-order valence-electron chi connectivity index (χ2n) is 3.51. The van der Waals surface area contributed by atoms with Gasteiger partial charge in [-0.25, -0.2) is 0 Å². The molecule has 0 aliphatic carbocycles. The normalized spacial score (nSPS) is 23.4. The highest BCUT2D eigenvalue weighted by Crippen LogP contribution is 2.05. The first kappa shape index (κ1) is 10.8. The largest absolute Gasteiger partial charge is 0.300 e. The minimum Gasteiger partial charge on any atom is -0.300 e. The number of rotatable bonds is 3. The van der Waals surface area contributed by atoms with Crippen LogP contribution in [0.15, 0.2) is 0 Å². The number of carbonyl (C=O) groups excluding carboxylic acids is 3. The molecule has 0 aromatic rings. The summed E-state index contributed by atoms with van der Waals surface area (Å²) in [5.41, 5.74) is 0. The van der Waals surface area contributed by atoms with Crippen LogP contribution < -0.4 is 5.32 Å². The summed E-state index contributed by atoms with van der Waals surface area (Å²) in [6.45, 7) is 3.88. The van der Waals surface area contributed by atoms with Gasteiger partial charge in [0.15, 0.2) is 0 Å². The lowest BCUT2D eigenvalue weighted by Crippen LogP contribution is -2.57. The van der Waals surface area contributed by atoms with Gasteiger partial charge in [-0.05, 0) is 13.8 Å². The molecule has 5 nitrogen and oxygen atoms in total. The predicted molar refractivity (Wildman–Crippen MR) is 49.5 cm³/mol. The maximum atomic E-state index is 11.2. The lowest BCUT2D eigenvalue weighted by molar-refractivity contribution is -0.140. The van der Waals surface area contributed by atoms with Crippen LogP contribution in [-0.4, -0.2) is 41.6 Å². The summed E-state index contributed by atoms with van der Waals surface area (Å²) in [6.07, 6.45) is 0.380. The molecule has 1 unspecified atom stereocenters. The van der Waals surface area contributed by atoms with Crippen LogP contribution in [0.4, 0.5) is 0 Å². The average Bonchev–Trinajstić information content (AvgIpc) is 2.08. The van der Waals surface area contributed by atoms with Gasteiger partial charge in [0, 0.05) is 13.0 Å². The molecule has 0 radical (unpaired) electrons. The van der Waals surface area contributed by atoms with Crippen LogP contribution in [0.1, 0.15) is 20.3 Å². The maximum absolute atomic E-state index is 11.2. The number of imide groups is 1. The SMILES string of the molecule is CC(=O)CCN1CC(=O)NC(=O)C1C. The number of hydrogen-bond donors (Lipinski definition) is 1. The quantitative estimate of drug-likeness (QED) is 0.610. The van der Waals surface area contributed by atoms with Gasteiger partial charge in [0.05, 0.1) is 12.6 Å². The van der Waals surface area contributed by atoms with E-state index in [1.807, 2.05) is 0 Å². The molecule has 1 saturated heterocycles. The summed E-state index contributed by atoms with van der Waals surface area (Å²) in [6, 6.07) is -0.327. The number of carbonyl (C=O) groups is 3. The number of ketones is 1. The molecule has 14 heavy (non-hydrogen) atoms. The van der Waals surface area contributed by atoms with Crippen LogP contribution in [0.2, 0.25) is 0 Å². The molecular weight excluding hydrogens is 184 g/mol. The van der Waals surface area contributed by atoms with Crippen LogP contribution >= 0.6 is 0 Å². The van der Waals surface area contributed by atoms with Crippen LogP contribution in [-0.2, 0) is 14.4 Å². The van der Waals surface area contributed by atoms with E-state index in [9.17, 15) is 14.4 Å². The smallest absolute Gasteiger partial charge is 0.243 e. The van der Waals surface area contributed by atoms with Gasteiger partial charge < -0.3 is 0 Å². The molecule has 0 bridgehead atoms. The number of nitrogens with zero attached hydrogens (tertiary/aromatic N) is 1. The lowest BCUT2D eigenvalue weighted by atomic mass is 10.2. The van der Waals surface area contributed by atoms with Crippen LogP contribution in [0, 0.1) is 0 Å². The Labute approximate surface area is 82.4 Å². The molecule has 1 N–H and O–H groups in total. The molecule has 78 valence electrons. The van der Waals surface area contributed by atoms with Crippen molar-refractivity contribution in [3.8, 4) is 0 Å². The number of piperazine rings is 1. The van der Waals surface area contributed by atoms with E-state index in [0.29, 0.717) is 13.0 Å². The molecule has 0 aromatic carbocycles. The highest BCUT2D eigenvalue weighted by Gasteiger charge is 2.29. The van der Waals surface area contributed by atoms with Crippen molar-refractivity contribution >= 4 is 17.6 Å². The van der Waals surface area contributed by atoms with Crippen molar-refractivity contribution in [2.75, 3.05) is 13.1 Å². The Bertz CT molecular complexity index is 275. The second-order valence-corrected chi connectivity index (χ2v) is 3.51. The van der Waals surface area contributed by atoms with E-state index in [-0.39, 0.29) is 30.2 Å². The average molecular weight is 198 g/mol. The molecule has 0 saturated carbocycles. The Hall–Kier alpha value is -1.23. The Morgan fingerprint density at radius 2 is 2.21 bits per heavy atom. The first-order valence-electron chi connectivity index (χ1n) is 4.58. The molecular formula is C9H14N2O3. The number of nitrogens with one attached hydrogen (secondary N) is 1. The first-order valence-corrected chi connectivity index (χ1v) is 4.58. The van der Waals surface area contributed by atoms with Crippen LogP contribution in [0.5, 0.6) is 0 Å². The van der Waals surface area contributed by atoms with E-state index in [4.69, 9.17) is 0 Å². The minimum atomic E-state index is -0.327. The van der Waals surface area contributed by atoms with Crippen molar-refractivity contribution in [2.45, 2.75) is 26.3 Å². The zero-order chi connectivity index (χ0) is 10.7. The van der Waals surface area contributed by atoms with Gasteiger partial charge in [-0.2, -0.15) is 0 Å². The van der Waals surface area contributed by atoms with Crippen molar-refractivity contribution in [3.05, 3.63) is 0 Å². The summed E-state index contributed by atoms with van der Waals surface area (Å²) in [4.78, 5) is 34.7. The van der Waals surface area contributed by atoms with E-state index in [2.05, 4.69) is 5.32 Å². The van der Waals surface area contributed by atoms with Gasteiger partial charge in [0.2, 0.25) is 11.8 Å². The number of amides is 2. The minimum absolute atomic E-state index is 0.0654. The van der Waals surface area contributed by atoms with Gasteiger partial charge >= 0.3 is 0 Å². The standard InChI is InChI=1S/C9H14N2O3/c1-6(12)3-4-11-5-8(13)10-9(14)7(11)2/h7H,3-5H2,1-2H3,(H,10,13,14). The van der Waals surface area contributed by atoms with E-state index in [1.54, 1.807) is 11.8 Å². The van der Waals surface area contributed by atoms with Gasteiger partial charge in [-0.1, -0.05) is 0 Å². The third kappa shape index (κ3) is 2.63. The molecule has 1 rings (SSSR count). The molecule has 5 heteroatoms. The van der Waals surface area contributed by atoms with Gasteiger partial charge in [-0.15, -0.1) is 0 Å². The monoisotopic (exact) mass is 198 g/mol. The number of Topliss-reactive ketones (excluding diaryl/α,β-unsaturated/α-hetero) is 1. The van der Waals surface area contributed by atoms with Crippen molar-refractivity contribution in [1.29, 1.82) is 0 Å². The maximum Gasteiger partial charge on any atom is 0.243 e. The summed E-state index contributed by atoms with van der Waals surface area (Å²) in [5, 5.41) is 2.24. The fourth-order valence-corrected chi connectivity index (χ4v) is 1.34. The lowest BCUT2D eigenvalue weighted by Gasteiger charge is -2.31. The Kier molecular flexibility index (Phi) is 3.35. The summed E-state index contributed by atoms with van der Waals surface area (Å²) < 4.78 is 0. The van der Waals surface area contributed by atoms with E-state index >= 15 is 0 Å². The molecule has 1 atom stereocenters. The third-order valence-electron chi connectivity index (χ3n) is 2.29. The van der Waals surface area contributed by atoms with Crippen LogP contribution in [0.3, 0.4) is 0 Å². The fraction of sp³-hybridized carbons (Fsp3) is 0.667. The van der Waals surface area contributed by atoms with Gasteiger partial charge in [0.1, 0.15) is 5.78 Å². The van der Waals surface area contributed by atoms with Crippen molar-refractivity contribution in [2.24, 2.45) is 0 Å². The van der Waals surface area contributed by atoms with Crippen molar-refractivity contribution in [1.82, 2.24) is 10.2 Å². The summed E-state index contributed by atoms with van der Waals surface area (Å²) >= 11 is 0. The Morgan fingerprint density at radius 1 is 1.57 bits per heavy atom. The molecule has 1 aliphatic heterocycles. The zero-order valence-corrected chi connectivity index (χ0v) is 8.37. The molecule has 1 heterocycles. The Balaban J connectivity index is 2.53. The predicted octanol–water partition coefficient (Wildman–Crippen LogP) is -0.688. The number of hydrogen-bond acceptors (Lipinski definition) is 4. The fourth-order valence-electron chi connectivity index (χ4n) is 1.34. The molecule has 1 fully saturated rings. The highest BCUT2D eigenvalue weighted by molar-refractivity contribution is 6.00. The molecule has 0 aromatic heterocycles. The topological polar surface area (TPSA) is 66.5 Å². The summed E-state index contributed by atoms with van der Waals surface area (Å²) in [7, 11) is 0. The van der Waals surface area contributed by atoms with Gasteiger partial charge in [-0.3, -0.25) is 24.6 Å².